The lowest BCUT2D eigenvalue weighted by molar-refractivity contribution is -0.115. The molecule has 0 aliphatic carbocycles. The number of likely N-dealkylation sites (N-methyl/N-ethyl adjacent to an activating group) is 1. The molecular formula is C10H15N3O3S. The van der Waals surface area contributed by atoms with Gasteiger partial charge in [0.05, 0.1) is 12.8 Å². The average molecular weight is 257 g/mol. The zero-order chi connectivity index (χ0) is 12.9. The average Bonchev–Trinajstić information content (AvgIpc) is 2.19. The number of hydrogen-bond acceptors (Lipinski definition) is 4. The van der Waals surface area contributed by atoms with Crippen molar-refractivity contribution in [3.05, 3.63) is 24.3 Å². The molecule has 0 unspecified atom stereocenters. The van der Waals surface area contributed by atoms with Gasteiger partial charge in [0, 0.05) is 11.4 Å². The number of hydrogen-bond donors (Lipinski definition) is 3. The van der Waals surface area contributed by atoms with Gasteiger partial charge < -0.3 is 10.6 Å². The molecule has 7 heteroatoms. The quantitative estimate of drug-likeness (QED) is 0.704. The fourth-order valence-corrected chi connectivity index (χ4v) is 1.77. The molecule has 0 spiro atoms. The molecule has 0 aromatic heterocycles. The number of rotatable bonds is 5. The summed E-state index contributed by atoms with van der Waals surface area (Å²) in [5.41, 5.74) is 1.07. The van der Waals surface area contributed by atoms with Gasteiger partial charge in [-0.15, -0.1) is 0 Å². The number of amides is 1. The molecule has 1 aromatic carbocycles. The third kappa shape index (κ3) is 5.32. The van der Waals surface area contributed by atoms with Crippen LogP contribution in [-0.2, 0) is 14.8 Å². The number of anilines is 2. The molecule has 0 heterocycles. The number of benzene rings is 1. The zero-order valence-corrected chi connectivity index (χ0v) is 10.5. The van der Waals surface area contributed by atoms with E-state index in [1.54, 1.807) is 31.3 Å². The number of carbonyl (C=O) groups is 1. The lowest BCUT2D eigenvalue weighted by Crippen LogP contribution is -2.25. The van der Waals surface area contributed by atoms with Crippen molar-refractivity contribution in [1.82, 2.24) is 5.32 Å². The van der Waals surface area contributed by atoms with E-state index >= 15 is 0 Å². The van der Waals surface area contributed by atoms with Crippen LogP contribution in [-0.4, -0.2) is 34.2 Å². The van der Waals surface area contributed by atoms with Gasteiger partial charge in [-0.1, -0.05) is 0 Å². The molecule has 0 radical (unpaired) electrons. The highest BCUT2D eigenvalue weighted by Crippen LogP contribution is 2.14. The lowest BCUT2D eigenvalue weighted by atomic mass is 10.3. The van der Waals surface area contributed by atoms with Gasteiger partial charge in [0.2, 0.25) is 15.9 Å². The number of carbonyl (C=O) groups excluding carboxylic acids is 1. The highest BCUT2D eigenvalue weighted by Gasteiger charge is 2.03. The van der Waals surface area contributed by atoms with E-state index in [1.807, 2.05) is 0 Å². The maximum atomic E-state index is 11.2. The molecular weight excluding hydrogens is 242 g/mol. The largest absolute Gasteiger partial charge is 0.325 e. The van der Waals surface area contributed by atoms with Crippen molar-refractivity contribution in [2.24, 2.45) is 0 Å². The van der Waals surface area contributed by atoms with Crippen molar-refractivity contribution in [3.8, 4) is 0 Å². The Morgan fingerprint density at radius 2 is 1.71 bits per heavy atom. The molecule has 0 aliphatic heterocycles. The first kappa shape index (κ1) is 13.5. The third-order valence-corrected chi connectivity index (χ3v) is 2.42. The highest BCUT2D eigenvalue weighted by atomic mass is 32.2. The van der Waals surface area contributed by atoms with E-state index in [1.165, 1.54) is 0 Å². The number of sulfonamides is 1. The van der Waals surface area contributed by atoms with Crippen LogP contribution < -0.4 is 15.4 Å². The molecule has 94 valence electrons. The zero-order valence-electron chi connectivity index (χ0n) is 9.65. The van der Waals surface area contributed by atoms with Crippen LogP contribution in [0.5, 0.6) is 0 Å². The van der Waals surface area contributed by atoms with Gasteiger partial charge in [0.25, 0.3) is 0 Å². The van der Waals surface area contributed by atoms with Crippen LogP contribution in [0.3, 0.4) is 0 Å². The molecule has 1 aromatic rings. The molecule has 0 saturated carbocycles. The van der Waals surface area contributed by atoms with E-state index in [0.717, 1.165) is 6.26 Å². The van der Waals surface area contributed by atoms with Crippen LogP contribution in [0.25, 0.3) is 0 Å². The maximum absolute atomic E-state index is 11.2. The van der Waals surface area contributed by atoms with Gasteiger partial charge in [-0.05, 0) is 31.3 Å². The van der Waals surface area contributed by atoms with Crippen LogP contribution >= 0.6 is 0 Å². The summed E-state index contributed by atoms with van der Waals surface area (Å²) in [5.74, 6) is -0.156. The first-order chi connectivity index (χ1) is 7.90. The van der Waals surface area contributed by atoms with Crippen molar-refractivity contribution in [3.63, 3.8) is 0 Å². The van der Waals surface area contributed by atoms with E-state index in [-0.39, 0.29) is 12.5 Å². The second-order valence-corrected chi connectivity index (χ2v) is 5.28. The maximum Gasteiger partial charge on any atom is 0.238 e. The van der Waals surface area contributed by atoms with Gasteiger partial charge in [-0.2, -0.15) is 0 Å². The Hall–Kier alpha value is -1.60. The Kier molecular flexibility index (Phi) is 4.47. The monoisotopic (exact) mass is 257 g/mol. The first-order valence-corrected chi connectivity index (χ1v) is 6.82. The summed E-state index contributed by atoms with van der Waals surface area (Å²) in [6, 6.07) is 6.41. The summed E-state index contributed by atoms with van der Waals surface area (Å²) in [7, 11) is -1.59. The topological polar surface area (TPSA) is 87.3 Å². The lowest BCUT2D eigenvalue weighted by Gasteiger charge is -2.07. The standard InChI is InChI=1S/C10H15N3O3S/c1-11-7-10(14)12-8-3-5-9(6-4-8)13-17(2,15)16/h3-6,11,13H,7H2,1-2H3,(H,12,14). The summed E-state index contributed by atoms with van der Waals surface area (Å²) in [6.07, 6.45) is 1.08. The Morgan fingerprint density at radius 1 is 1.18 bits per heavy atom. The van der Waals surface area contributed by atoms with E-state index in [2.05, 4.69) is 15.4 Å². The number of nitrogens with one attached hydrogen (secondary N) is 3. The Balaban J connectivity index is 2.65. The van der Waals surface area contributed by atoms with Gasteiger partial charge in [-0.3, -0.25) is 9.52 Å². The SMILES string of the molecule is CNCC(=O)Nc1ccc(NS(C)(=O)=O)cc1. The van der Waals surface area contributed by atoms with Crippen molar-refractivity contribution < 1.29 is 13.2 Å². The summed E-state index contributed by atoms with van der Waals surface area (Å²) in [6.45, 7) is 0.226. The van der Waals surface area contributed by atoms with Crippen LogP contribution in [0.1, 0.15) is 0 Å². The Labute approximate surface area is 100 Å². The van der Waals surface area contributed by atoms with Gasteiger partial charge >= 0.3 is 0 Å². The predicted octanol–water partition coefficient (Wildman–Crippen LogP) is 0.216. The minimum absolute atomic E-state index is 0.156. The molecule has 0 fully saturated rings. The predicted molar refractivity (Wildman–Crippen MR) is 67.5 cm³/mol. The van der Waals surface area contributed by atoms with Crippen molar-refractivity contribution in [2.45, 2.75) is 0 Å². The van der Waals surface area contributed by atoms with Crippen molar-refractivity contribution in [2.75, 3.05) is 29.9 Å². The van der Waals surface area contributed by atoms with Crippen LogP contribution in [0, 0.1) is 0 Å². The van der Waals surface area contributed by atoms with Gasteiger partial charge in [-0.25, -0.2) is 8.42 Å². The molecule has 6 nitrogen and oxygen atoms in total. The smallest absolute Gasteiger partial charge is 0.238 e. The van der Waals surface area contributed by atoms with E-state index in [9.17, 15) is 13.2 Å². The minimum atomic E-state index is -3.27. The van der Waals surface area contributed by atoms with Crippen LogP contribution in [0.2, 0.25) is 0 Å². The third-order valence-electron chi connectivity index (χ3n) is 1.81. The second kappa shape index (κ2) is 5.65. The summed E-state index contributed by atoms with van der Waals surface area (Å²) >= 11 is 0. The molecule has 0 atom stereocenters. The molecule has 0 bridgehead atoms. The Bertz CT molecular complexity index is 482. The highest BCUT2D eigenvalue weighted by molar-refractivity contribution is 7.92. The second-order valence-electron chi connectivity index (χ2n) is 3.53. The minimum Gasteiger partial charge on any atom is -0.325 e. The van der Waals surface area contributed by atoms with Gasteiger partial charge in [0.1, 0.15) is 0 Å². The molecule has 17 heavy (non-hydrogen) atoms. The molecule has 1 rings (SSSR count). The Morgan fingerprint density at radius 3 is 2.18 bits per heavy atom. The normalized spacial score (nSPS) is 10.9. The fourth-order valence-electron chi connectivity index (χ4n) is 1.20. The van der Waals surface area contributed by atoms with E-state index in [4.69, 9.17) is 0 Å². The summed E-state index contributed by atoms with van der Waals surface area (Å²) in [5, 5.41) is 5.38. The van der Waals surface area contributed by atoms with Crippen LogP contribution in [0.4, 0.5) is 11.4 Å². The first-order valence-electron chi connectivity index (χ1n) is 4.93. The molecule has 1 amide bonds. The van der Waals surface area contributed by atoms with E-state index < -0.39 is 10.0 Å². The fraction of sp³-hybridized carbons (Fsp3) is 0.300. The molecule has 3 N–H and O–H groups in total. The van der Waals surface area contributed by atoms with Gasteiger partial charge in [0.15, 0.2) is 0 Å². The van der Waals surface area contributed by atoms with E-state index in [0.29, 0.717) is 11.4 Å². The molecule has 0 saturated heterocycles. The van der Waals surface area contributed by atoms with Crippen molar-refractivity contribution in [1.29, 1.82) is 0 Å². The summed E-state index contributed by atoms with van der Waals surface area (Å²) in [4.78, 5) is 11.2. The van der Waals surface area contributed by atoms with Crippen LogP contribution in [0.15, 0.2) is 24.3 Å². The molecule has 0 aliphatic rings. The summed E-state index contributed by atoms with van der Waals surface area (Å²) < 4.78 is 24.3. The van der Waals surface area contributed by atoms with Crippen molar-refractivity contribution >= 4 is 27.3 Å².